The number of carbonyl (C=O) groups excluding carboxylic acids is 1. The van der Waals surface area contributed by atoms with E-state index in [4.69, 9.17) is 0 Å². The summed E-state index contributed by atoms with van der Waals surface area (Å²) in [6.45, 7) is -0.423. The van der Waals surface area contributed by atoms with Crippen LogP contribution in [-0.4, -0.2) is 22.3 Å². The topological polar surface area (TPSA) is 56.1 Å². The van der Waals surface area contributed by atoms with Gasteiger partial charge in [0.1, 0.15) is 12.3 Å². The number of carbonyl (C=O) groups is 1. The van der Waals surface area contributed by atoms with Gasteiger partial charge >= 0.3 is 12.8 Å². The summed E-state index contributed by atoms with van der Waals surface area (Å²) in [5, 5.41) is 5.85. The molecule has 0 atom stereocenters. The van der Waals surface area contributed by atoms with Crippen molar-refractivity contribution in [1.29, 1.82) is 0 Å². The van der Waals surface area contributed by atoms with E-state index >= 15 is 0 Å². The molecule has 2 aromatic rings. The fourth-order valence-corrected chi connectivity index (χ4v) is 2.09. The number of rotatable bonds is 5. The van der Waals surface area contributed by atoms with Crippen LogP contribution >= 0.6 is 0 Å². The summed E-state index contributed by atoms with van der Waals surface area (Å²) in [4.78, 5) is 12.0. The summed E-state index contributed by atoms with van der Waals surface area (Å²) in [7, 11) is 0. The zero-order chi connectivity index (χ0) is 18.8. The molecule has 1 N–H and O–H groups in total. The monoisotopic (exact) mass is 363 g/mol. The van der Waals surface area contributed by atoms with Crippen LogP contribution in [0, 0.1) is 13.8 Å². The number of alkyl halides is 5. The molecule has 0 radical (unpaired) electrons. The second-order valence-corrected chi connectivity index (χ2v) is 5.23. The highest BCUT2D eigenvalue weighted by atomic mass is 19.4. The average molecular weight is 363 g/mol. The van der Waals surface area contributed by atoms with E-state index in [9.17, 15) is 26.7 Å². The van der Waals surface area contributed by atoms with Crippen LogP contribution in [0.5, 0.6) is 5.75 Å². The number of aromatic nitrogens is 2. The maximum Gasteiger partial charge on any atom is 0.435 e. The lowest BCUT2D eigenvalue weighted by Gasteiger charge is -2.11. The van der Waals surface area contributed by atoms with Gasteiger partial charge in [-0.05, 0) is 43.7 Å². The minimum Gasteiger partial charge on any atom is -0.435 e. The molecule has 0 aliphatic carbocycles. The number of anilines is 1. The Labute approximate surface area is 139 Å². The van der Waals surface area contributed by atoms with Crippen molar-refractivity contribution >= 4 is 11.6 Å². The third-order valence-electron chi connectivity index (χ3n) is 3.26. The van der Waals surface area contributed by atoms with E-state index in [-0.39, 0.29) is 11.4 Å². The number of hydrogen-bond acceptors (Lipinski definition) is 3. The van der Waals surface area contributed by atoms with Crippen molar-refractivity contribution in [3.8, 4) is 5.75 Å². The fourth-order valence-electron chi connectivity index (χ4n) is 2.09. The molecular weight excluding hydrogens is 349 g/mol. The second kappa shape index (κ2) is 7.08. The van der Waals surface area contributed by atoms with Crippen LogP contribution in [-0.2, 0) is 17.5 Å². The molecule has 0 aliphatic heterocycles. The molecule has 5 nitrogen and oxygen atoms in total. The number of halogens is 5. The van der Waals surface area contributed by atoms with Crippen LogP contribution in [0.15, 0.2) is 24.3 Å². The zero-order valence-corrected chi connectivity index (χ0v) is 13.2. The van der Waals surface area contributed by atoms with Gasteiger partial charge in [0.05, 0.1) is 0 Å². The molecule has 136 valence electrons. The first-order valence-electron chi connectivity index (χ1n) is 7.03. The lowest BCUT2D eigenvalue weighted by molar-refractivity contribution is -0.141. The van der Waals surface area contributed by atoms with E-state index in [2.05, 4.69) is 15.2 Å². The van der Waals surface area contributed by atoms with E-state index in [0.29, 0.717) is 11.3 Å². The van der Waals surface area contributed by atoms with E-state index in [1.807, 2.05) is 0 Å². The first-order valence-corrected chi connectivity index (χ1v) is 7.03. The number of benzene rings is 1. The molecule has 0 saturated heterocycles. The standard InChI is InChI=1S/C15H14F5N3O2/c1-8-5-10(25-14(16)17)3-4-11(8)21-13(24)7-23-9(2)6-12(22-23)15(18,19)20/h3-6,14H,7H2,1-2H3,(H,21,24). The minimum atomic E-state index is -4.59. The third kappa shape index (κ3) is 4.91. The number of ether oxygens (including phenoxy) is 1. The van der Waals surface area contributed by atoms with Crippen LogP contribution in [0.2, 0.25) is 0 Å². The van der Waals surface area contributed by atoms with Gasteiger partial charge in [-0.25, -0.2) is 0 Å². The molecule has 2 rings (SSSR count). The highest BCUT2D eigenvalue weighted by Crippen LogP contribution is 2.28. The molecule has 1 aromatic carbocycles. The SMILES string of the molecule is Cc1cc(OC(F)F)ccc1NC(=O)Cn1nc(C(F)(F)F)cc1C. The van der Waals surface area contributed by atoms with Gasteiger partial charge in [0.25, 0.3) is 0 Å². The summed E-state index contributed by atoms with van der Waals surface area (Å²) in [6.07, 6.45) is -4.59. The lowest BCUT2D eigenvalue weighted by atomic mass is 10.2. The molecule has 1 aromatic heterocycles. The molecule has 0 fully saturated rings. The molecule has 0 saturated carbocycles. The first-order chi connectivity index (χ1) is 11.6. The Balaban J connectivity index is 2.07. The molecule has 1 amide bonds. The minimum absolute atomic E-state index is 0.0664. The van der Waals surface area contributed by atoms with Crippen LogP contribution in [0.3, 0.4) is 0 Å². The van der Waals surface area contributed by atoms with Gasteiger partial charge < -0.3 is 10.1 Å². The summed E-state index contributed by atoms with van der Waals surface area (Å²) < 4.78 is 67.3. The Morgan fingerprint density at radius 3 is 2.48 bits per heavy atom. The van der Waals surface area contributed by atoms with Crippen LogP contribution in [0.1, 0.15) is 17.0 Å². The highest BCUT2D eigenvalue weighted by molar-refractivity contribution is 5.91. The Morgan fingerprint density at radius 1 is 1.28 bits per heavy atom. The smallest absolute Gasteiger partial charge is 0.435 e. The predicted octanol–water partition coefficient (Wildman–Crippen LogP) is 3.76. The van der Waals surface area contributed by atoms with Crippen LogP contribution in [0.4, 0.5) is 27.6 Å². The van der Waals surface area contributed by atoms with Crippen molar-refractivity contribution in [1.82, 2.24) is 9.78 Å². The Bertz CT molecular complexity index is 771. The molecule has 10 heteroatoms. The van der Waals surface area contributed by atoms with Crippen LogP contribution < -0.4 is 10.1 Å². The molecule has 0 aliphatic rings. The summed E-state index contributed by atoms with van der Waals surface area (Å²) >= 11 is 0. The van der Waals surface area contributed by atoms with Crippen molar-refractivity contribution in [2.24, 2.45) is 0 Å². The maximum atomic E-state index is 12.6. The zero-order valence-electron chi connectivity index (χ0n) is 13.2. The molecule has 0 unspecified atom stereocenters. The Kier molecular flexibility index (Phi) is 5.29. The molecular formula is C15H14F5N3O2. The summed E-state index contributed by atoms with van der Waals surface area (Å²) in [5.74, 6) is -0.672. The second-order valence-electron chi connectivity index (χ2n) is 5.23. The number of amides is 1. The first kappa shape index (κ1) is 18.7. The molecule has 0 spiro atoms. The normalized spacial score (nSPS) is 11.7. The van der Waals surface area contributed by atoms with E-state index in [0.717, 1.165) is 10.7 Å². The summed E-state index contributed by atoms with van der Waals surface area (Å²) in [5.41, 5.74) is -0.116. The van der Waals surface area contributed by atoms with Gasteiger partial charge in [0.15, 0.2) is 5.69 Å². The third-order valence-corrected chi connectivity index (χ3v) is 3.26. The van der Waals surface area contributed by atoms with Crippen molar-refractivity contribution < 1.29 is 31.5 Å². The quantitative estimate of drug-likeness (QED) is 0.823. The average Bonchev–Trinajstić information content (AvgIpc) is 2.82. The van der Waals surface area contributed by atoms with E-state index < -0.39 is 30.9 Å². The molecule has 1 heterocycles. The van der Waals surface area contributed by atoms with Crippen molar-refractivity contribution in [3.63, 3.8) is 0 Å². The predicted molar refractivity (Wildman–Crippen MR) is 78.4 cm³/mol. The molecule has 0 bridgehead atoms. The Hall–Kier alpha value is -2.65. The van der Waals surface area contributed by atoms with Gasteiger partial charge in [-0.3, -0.25) is 9.48 Å². The van der Waals surface area contributed by atoms with Crippen LogP contribution in [0.25, 0.3) is 0 Å². The van der Waals surface area contributed by atoms with E-state index in [1.54, 1.807) is 6.92 Å². The van der Waals surface area contributed by atoms with Crippen molar-refractivity contribution in [2.45, 2.75) is 33.2 Å². The van der Waals surface area contributed by atoms with Gasteiger partial charge in [-0.2, -0.15) is 27.1 Å². The van der Waals surface area contributed by atoms with Gasteiger partial charge in [0, 0.05) is 11.4 Å². The fraction of sp³-hybridized carbons (Fsp3) is 0.333. The largest absolute Gasteiger partial charge is 0.435 e. The van der Waals surface area contributed by atoms with Gasteiger partial charge in [-0.15, -0.1) is 0 Å². The van der Waals surface area contributed by atoms with Crippen molar-refractivity contribution in [2.75, 3.05) is 5.32 Å². The number of nitrogens with one attached hydrogen (secondary N) is 1. The number of nitrogens with zero attached hydrogens (tertiary/aromatic N) is 2. The summed E-state index contributed by atoms with van der Waals surface area (Å²) in [6, 6.07) is 4.76. The number of hydrogen-bond donors (Lipinski definition) is 1. The van der Waals surface area contributed by atoms with Gasteiger partial charge in [-0.1, -0.05) is 0 Å². The highest BCUT2D eigenvalue weighted by Gasteiger charge is 2.34. The van der Waals surface area contributed by atoms with Crippen molar-refractivity contribution in [3.05, 3.63) is 41.2 Å². The molecule has 25 heavy (non-hydrogen) atoms. The van der Waals surface area contributed by atoms with Gasteiger partial charge in [0.2, 0.25) is 5.91 Å². The number of aryl methyl sites for hydroxylation is 2. The maximum absolute atomic E-state index is 12.6. The Morgan fingerprint density at radius 2 is 1.96 bits per heavy atom. The van der Waals surface area contributed by atoms with E-state index in [1.165, 1.54) is 25.1 Å². The lowest BCUT2D eigenvalue weighted by Crippen LogP contribution is -2.21.